The highest BCUT2D eigenvalue weighted by Gasteiger charge is 2.46. The molecule has 1 aromatic carbocycles. The van der Waals surface area contributed by atoms with Gasteiger partial charge in [0, 0.05) is 58.2 Å². The molecule has 0 radical (unpaired) electrons. The van der Waals surface area contributed by atoms with Gasteiger partial charge in [-0.2, -0.15) is 18.3 Å². The SMILES string of the molecule is Cc1cc(CN2C[C@@H]3[C@H](NC(=O)CC4CCOCC4)c4ccccc4[C@@H]3C2)n(C)n1.O=C(O)C(F)(F)F. The molecular formula is C26H33F3N4O4. The number of halogens is 3. The van der Waals surface area contributed by atoms with Crippen molar-refractivity contribution in [3.63, 3.8) is 0 Å². The van der Waals surface area contributed by atoms with Crippen molar-refractivity contribution in [1.82, 2.24) is 20.0 Å². The third-order valence-corrected chi connectivity index (χ3v) is 7.46. The third kappa shape index (κ3) is 6.51. The van der Waals surface area contributed by atoms with Crippen LogP contribution >= 0.6 is 0 Å². The van der Waals surface area contributed by atoms with Gasteiger partial charge in [0.05, 0.1) is 17.4 Å². The van der Waals surface area contributed by atoms with Gasteiger partial charge in [0.25, 0.3) is 0 Å². The van der Waals surface area contributed by atoms with Crippen LogP contribution in [0.25, 0.3) is 0 Å². The van der Waals surface area contributed by atoms with E-state index < -0.39 is 12.1 Å². The molecule has 2 aliphatic heterocycles. The molecule has 5 rings (SSSR count). The molecule has 1 amide bonds. The molecule has 8 nitrogen and oxygen atoms in total. The normalized spacial score (nSPS) is 23.6. The van der Waals surface area contributed by atoms with E-state index in [0.29, 0.717) is 24.2 Å². The molecule has 0 saturated carbocycles. The number of nitrogens with one attached hydrogen (secondary N) is 1. The predicted octanol–water partition coefficient (Wildman–Crippen LogP) is 3.57. The minimum absolute atomic E-state index is 0.122. The molecule has 0 unspecified atom stereocenters. The molecular weight excluding hydrogens is 489 g/mol. The smallest absolute Gasteiger partial charge is 0.475 e. The highest BCUT2D eigenvalue weighted by molar-refractivity contribution is 5.77. The minimum Gasteiger partial charge on any atom is -0.475 e. The van der Waals surface area contributed by atoms with Gasteiger partial charge in [-0.25, -0.2) is 4.79 Å². The Morgan fingerprint density at radius 2 is 1.81 bits per heavy atom. The summed E-state index contributed by atoms with van der Waals surface area (Å²) in [6.07, 6.45) is -2.46. The Kier molecular flexibility index (Phi) is 8.23. The van der Waals surface area contributed by atoms with Gasteiger partial charge in [-0.05, 0) is 42.9 Å². The molecule has 2 aromatic rings. The number of hydrogen-bond donors (Lipinski definition) is 2. The van der Waals surface area contributed by atoms with Gasteiger partial charge < -0.3 is 15.2 Å². The topological polar surface area (TPSA) is 96.7 Å². The second-order valence-corrected chi connectivity index (χ2v) is 10.1. The molecule has 1 aromatic heterocycles. The maximum Gasteiger partial charge on any atom is 0.490 e. The summed E-state index contributed by atoms with van der Waals surface area (Å²) < 4.78 is 39.2. The van der Waals surface area contributed by atoms with Crippen molar-refractivity contribution in [3.05, 3.63) is 52.8 Å². The Morgan fingerprint density at radius 1 is 1.16 bits per heavy atom. The van der Waals surface area contributed by atoms with Crippen LogP contribution in [0.3, 0.4) is 0 Å². The summed E-state index contributed by atoms with van der Waals surface area (Å²) in [5.41, 5.74) is 5.06. The number of ether oxygens (including phenoxy) is 1. The van der Waals surface area contributed by atoms with E-state index in [1.807, 2.05) is 18.7 Å². The van der Waals surface area contributed by atoms with Crippen molar-refractivity contribution in [2.24, 2.45) is 18.9 Å². The first-order valence-electron chi connectivity index (χ1n) is 12.5. The molecule has 0 spiro atoms. The molecule has 2 fully saturated rings. The van der Waals surface area contributed by atoms with Crippen LogP contribution in [0, 0.1) is 18.8 Å². The molecule has 202 valence electrons. The van der Waals surface area contributed by atoms with E-state index in [1.165, 1.54) is 16.8 Å². The number of hydrogen-bond acceptors (Lipinski definition) is 5. The van der Waals surface area contributed by atoms with Crippen LogP contribution < -0.4 is 5.32 Å². The molecule has 0 bridgehead atoms. The largest absolute Gasteiger partial charge is 0.490 e. The summed E-state index contributed by atoms with van der Waals surface area (Å²) in [5, 5.41) is 15.0. The van der Waals surface area contributed by atoms with Crippen LogP contribution in [0.2, 0.25) is 0 Å². The first kappa shape index (κ1) is 27.1. The van der Waals surface area contributed by atoms with Gasteiger partial charge in [-0.15, -0.1) is 0 Å². The van der Waals surface area contributed by atoms with Crippen molar-refractivity contribution >= 4 is 11.9 Å². The zero-order chi connectivity index (χ0) is 26.7. The van der Waals surface area contributed by atoms with Crippen molar-refractivity contribution in [2.75, 3.05) is 26.3 Å². The number of rotatable bonds is 5. The second-order valence-electron chi connectivity index (χ2n) is 10.1. The van der Waals surface area contributed by atoms with Gasteiger partial charge in [-0.3, -0.25) is 14.4 Å². The Hall–Kier alpha value is -2.92. The first-order chi connectivity index (χ1) is 17.5. The lowest BCUT2D eigenvalue weighted by Gasteiger charge is -2.25. The van der Waals surface area contributed by atoms with Crippen molar-refractivity contribution in [1.29, 1.82) is 0 Å². The van der Waals surface area contributed by atoms with Gasteiger partial charge in [-0.1, -0.05) is 24.3 Å². The number of aliphatic carboxylic acids is 1. The second kappa shape index (κ2) is 11.2. The van der Waals surface area contributed by atoms with E-state index in [-0.39, 0.29) is 11.9 Å². The lowest BCUT2D eigenvalue weighted by atomic mass is 9.93. The van der Waals surface area contributed by atoms with Gasteiger partial charge >= 0.3 is 12.1 Å². The van der Waals surface area contributed by atoms with E-state index in [0.717, 1.165) is 51.4 Å². The fraction of sp³-hybridized carbons (Fsp3) is 0.577. The van der Waals surface area contributed by atoms with Crippen LogP contribution in [0.15, 0.2) is 30.3 Å². The predicted molar refractivity (Wildman–Crippen MR) is 129 cm³/mol. The maximum absolute atomic E-state index is 12.9. The molecule has 3 aliphatic rings. The summed E-state index contributed by atoms with van der Waals surface area (Å²) in [6.45, 7) is 6.58. The van der Waals surface area contributed by atoms with Gasteiger partial charge in [0.1, 0.15) is 0 Å². The number of aromatic nitrogens is 2. The molecule has 2 N–H and O–H groups in total. The first-order valence-corrected chi connectivity index (χ1v) is 12.5. The van der Waals surface area contributed by atoms with Gasteiger partial charge in [0.2, 0.25) is 5.91 Å². The Morgan fingerprint density at radius 3 is 2.41 bits per heavy atom. The Labute approximate surface area is 213 Å². The molecule has 3 atom stereocenters. The molecule has 3 heterocycles. The monoisotopic (exact) mass is 522 g/mol. The third-order valence-electron chi connectivity index (χ3n) is 7.46. The van der Waals surface area contributed by atoms with E-state index >= 15 is 0 Å². The van der Waals surface area contributed by atoms with Crippen molar-refractivity contribution in [3.8, 4) is 0 Å². The van der Waals surface area contributed by atoms with Crippen LogP contribution in [-0.4, -0.2) is 64.1 Å². The van der Waals surface area contributed by atoms with Gasteiger partial charge in [0.15, 0.2) is 0 Å². The van der Waals surface area contributed by atoms with Crippen LogP contribution in [0.5, 0.6) is 0 Å². The van der Waals surface area contributed by atoms with Crippen molar-refractivity contribution in [2.45, 2.75) is 50.9 Å². The number of likely N-dealkylation sites (tertiary alicyclic amines) is 1. The minimum atomic E-state index is -5.08. The molecule has 2 saturated heterocycles. The van der Waals surface area contributed by atoms with Crippen LogP contribution in [-0.2, 0) is 27.9 Å². The Bertz CT molecular complexity index is 1110. The summed E-state index contributed by atoms with van der Waals surface area (Å²) in [4.78, 5) is 24.3. The standard InChI is InChI=1S/C24H32N4O2.C2HF3O2/c1-16-11-18(27(2)26-16)13-28-14-21-19-5-3-4-6-20(19)24(22(21)15-28)25-23(29)12-17-7-9-30-10-8-17;3-2(4,5)1(6)7/h3-6,11,17,21-22,24H,7-10,12-15H2,1-2H3,(H,25,29);(H,6,7)/t21-,22-,24+;/m0./s1. The number of alkyl halides is 3. The number of aryl methyl sites for hydroxylation is 2. The Balaban J connectivity index is 0.000000405. The average Bonchev–Trinajstić information content (AvgIpc) is 3.47. The van der Waals surface area contributed by atoms with E-state index in [4.69, 9.17) is 14.6 Å². The summed E-state index contributed by atoms with van der Waals surface area (Å²) in [7, 11) is 2.02. The molecule has 11 heteroatoms. The lowest BCUT2D eigenvalue weighted by Crippen LogP contribution is -2.35. The zero-order valence-corrected chi connectivity index (χ0v) is 21.0. The number of amides is 1. The highest BCUT2D eigenvalue weighted by atomic mass is 19.4. The number of fused-ring (bicyclic) bond motifs is 3. The number of carboxylic acid groups (broad SMARTS) is 1. The lowest BCUT2D eigenvalue weighted by molar-refractivity contribution is -0.192. The quantitative estimate of drug-likeness (QED) is 0.624. The van der Waals surface area contributed by atoms with E-state index in [2.05, 4.69) is 45.6 Å². The number of nitrogens with zero attached hydrogens (tertiary/aromatic N) is 3. The molecule has 1 aliphatic carbocycles. The highest BCUT2D eigenvalue weighted by Crippen LogP contribution is 2.49. The van der Waals surface area contributed by atoms with Crippen LogP contribution in [0.1, 0.15) is 53.7 Å². The summed E-state index contributed by atoms with van der Waals surface area (Å²) in [6, 6.07) is 11.0. The average molecular weight is 523 g/mol. The number of carboxylic acids is 1. The molecule has 37 heavy (non-hydrogen) atoms. The summed E-state index contributed by atoms with van der Waals surface area (Å²) >= 11 is 0. The van der Waals surface area contributed by atoms with Crippen LogP contribution in [0.4, 0.5) is 13.2 Å². The zero-order valence-electron chi connectivity index (χ0n) is 21.0. The van der Waals surface area contributed by atoms with E-state index in [1.54, 1.807) is 0 Å². The van der Waals surface area contributed by atoms with E-state index in [9.17, 15) is 18.0 Å². The van der Waals surface area contributed by atoms with Crippen molar-refractivity contribution < 1.29 is 32.6 Å². The fourth-order valence-corrected chi connectivity index (χ4v) is 5.74. The maximum atomic E-state index is 12.9. The number of carbonyl (C=O) groups is 2. The number of carbonyl (C=O) groups excluding carboxylic acids is 1. The number of benzene rings is 1. The summed E-state index contributed by atoms with van der Waals surface area (Å²) in [5.74, 6) is -1.17. The fourth-order valence-electron chi connectivity index (χ4n) is 5.74.